The van der Waals surface area contributed by atoms with Crippen LogP contribution in [0.2, 0.25) is 0 Å². The van der Waals surface area contributed by atoms with Crippen molar-refractivity contribution in [1.29, 1.82) is 0 Å². The second kappa shape index (κ2) is 3.21. The van der Waals surface area contributed by atoms with Crippen LogP contribution in [0.1, 0.15) is 5.82 Å². The van der Waals surface area contributed by atoms with E-state index in [1.54, 1.807) is 10.9 Å². The third-order valence-electron chi connectivity index (χ3n) is 1.31. The van der Waals surface area contributed by atoms with Gasteiger partial charge < -0.3 is 4.52 Å². The molecule has 62 valence electrons. The highest BCUT2D eigenvalue weighted by Gasteiger charge is 2.00. The summed E-state index contributed by atoms with van der Waals surface area (Å²) in [5, 5.41) is 7.75. The highest BCUT2D eigenvalue weighted by molar-refractivity contribution is 14.1. The first kappa shape index (κ1) is 7.71. The summed E-state index contributed by atoms with van der Waals surface area (Å²) >= 11 is 2.19. The minimum atomic E-state index is 0.555. The molecule has 0 radical (unpaired) electrons. The Kier molecular flexibility index (Phi) is 2.07. The fourth-order valence-electron chi connectivity index (χ4n) is 0.832. The van der Waals surface area contributed by atoms with Crippen molar-refractivity contribution in [3.05, 3.63) is 28.2 Å². The summed E-state index contributed by atoms with van der Waals surface area (Å²) in [7, 11) is 0. The lowest BCUT2D eigenvalue weighted by atomic mass is 10.6. The van der Waals surface area contributed by atoms with Crippen molar-refractivity contribution in [2.75, 3.05) is 0 Å². The summed E-state index contributed by atoms with van der Waals surface area (Å²) in [5.74, 6) is 0.634. The van der Waals surface area contributed by atoms with E-state index in [1.807, 2.05) is 6.20 Å². The number of halogens is 1. The van der Waals surface area contributed by atoms with Crippen LogP contribution in [-0.4, -0.2) is 19.9 Å². The fraction of sp³-hybridized carbons (Fsp3) is 0.167. The van der Waals surface area contributed by atoms with E-state index >= 15 is 0 Å². The first-order valence-corrected chi connectivity index (χ1v) is 4.35. The maximum atomic E-state index is 4.59. The van der Waals surface area contributed by atoms with Gasteiger partial charge in [0.1, 0.15) is 6.54 Å². The van der Waals surface area contributed by atoms with Crippen LogP contribution in [-0.2, 0) is 6.54 Å². The predicted octanol–water partition coefficient (Wildman–Crippen LogP) is 0.919. The van der Waals surface area contributed by atoms with Crippen molar-refractivity contribution >= 4 is 22.6 Å². The SMILES string of the molecule is Ic1cnn(Cc2ncon2)c1. The molecule has 0 saturated carbocycles. The Labute approximate surface area is 81.9 Å². The quantitative estimate of drug-likeness (QED) is 0.765. The molecule has 2 rings (SSSR count). The van der Waals surface area contributed by atoms with Gasteiger partial charge in [-0.25, -0.2) is 0 Å². The van der Waals surface area contributed by atoms with E-state index in [2.05, 4.69) is 42.4 Å². The van der Waals surface area contributed by atoms with E-state index in [-0.39, 0.29) is 0 Å². The molecule has 0 aliphatic carbocycles. The van der Waals surface area contributed by atoms with E-state index in [4.69, 9.17) is 0 Å². The molecule has 5 nitrogen and oxygen atoms in total. The summed E-state index contributed by atoms with van der Waals surface area (Å²) < 4.78 is 7.44. The molecule has 6 heteroatoms. The van der Waals surface area contributed by atoms with Crippen LogP contribution in [0.5, 0.6) is 0 Å². The molecule has 2 aromatic rings. The lowest BCUT2D eigenvalue weighted by Gasteiger charge is -1.92. The van der Waals surface area contributed by atoms with E-state index in [9.17, 15) is 0 Å². The molecule has 0 aliphatic heterocycles. The fourth-order valence-corrected chi connectivity index (χ4v) is 1.28. The molecular weight excluding hydrogens is 271 g/mol. The Balaban J connectivity index is 2.14. The Morgan fingerprint density at radius 2 is 2.50 bits per heavy atom. The highest BCUT2D eigenvalue weighted by atomic mass is 127. The van der Waals surface area contributed by atoms with E-state index in [0.717, 1.165) is 3.57 Å². The van der Waals surface area contributed by atoms with E-state index < -0.39 is 0 Å². The van der Waals surface area contributed by atoms with Gasteiger partial charge in [-0.15, -0.1) is 0 Å². The number of hydrogen-bond donors (Lipinski definition) is 0. The Morgan fingerprint density at radius 3 is 3.08 bits per heavy atom. The summed E-state index contributed by atoms with van der Waals surface area (Å²) in [5.41, 5.74) is 0. The monoisotopic (exact) mass is 276 g/mol. The van der Waals surface area contributed by atoms with E-state index in [0.29, 0.717) is 12.4 Å². The van der Waals surface area contributed by atoms with Gasteiger partial charge in [-0.2, -0.15) is 10.1 Å². The largest absolute Gasteiger partial charge is 0.343 e. The summed E-state index contributed by atoms with van der Waals surface area (Å²) in [6.07, 6.45) is 5.00. The standard InChI is InChI=1S/C6H5IN4O/c7-5-1-9-11(2-5)3-6-8-4-12-10-6/h1-2,4H,3H2. The van der Waals surface area contributed by atoms with Crippen molar-refractivity contribution in [2.45, 2.75) is 6.54 Å². The van der Waals surface area contributed by atoms with Crippen LogP contribution in [0.25, 0.3) is 0 Å². The smallest absolute Gasteiger partial charge is 0.213 e. The van der Waals surface area contributed by atoms with E-state index in [1.165, 1.54) is 6.39 Å². The molecule has 0 N–H and O–H groups in total. The van der Waals surface area contributed by atoms with Crippen LogP contribution in [0.15, 0.2) is 23.3 Å². The van der Waals surface area contributed by atoms with Gasteiger partial charge in [-0.1, -0.05) is 5.16 Å². The molecule has 12 heavy (non-hydrogen) atoms. The molecule has 0 atom stereocenters. The first-order valence-electron chi connectivity index (χ1n) is 3.28. The van der Waals surface area contributed by atoms with Gasteiger partial charge in [0.15, 0.2) is 5.82 Å². The van der Waals surface area contributed by atoms with Crippen LogP contribution < -0.4 is 0 Å². The van der Waals surface area contributed by atoms with Crippen molar-refractivity contribution in [3.63, 3.8) is 0 Å². The normalized spacial score (nSPS) is 10.4. The minimum absolute atomic E-state index is 0.555. The third kappa shape index (κ3) is 1.63. The highest BCUT2D eigenvalue weighted by Crippen LogP contribution is 2.02. The van der Waals surface area contributed by atoms with Gasteiger partial charge in [0.05, 0.1) is 9.77 Å². The molecule has 0 amide bonds. The van der Waals surface area contributed by atoms with Gasteiger partial charge in [-0.3, -0.25) is 4.68 Å². The van der Waals surface area contributed by atoms with Gasteiger partial charge in [0.2, 0.25) is 6.39 Å². The van der Waals surface area contributed by atoms with Crippen LogP contribution in [0.3, 0.4) is 0 Å². The van der Waals surface area contributed by atoms with Crippen LogP contribution >= 0.6 is 22.6 Å². The van der Waals surface area contributed by atoms with Gasteiger partial charge in [-0.05, 0) is 22.6 Å². The molecule has 0 fully saturated rings. The lowest BCUT2D eigenvalue weighted by Crippen LogP contribution is -2.01. The second-order valence-electron chi connectivity index (χ2n) is 2.20. The van der Waals surface area contributed by atoms with Crippen molar-refractivity contribution < 1.29 is 4.52 Å². The minimum Gasteiger partial charge on any atom is -0.343 e. The zero-order chi connectivity index (χ0) is 8.39. The molecule has 0 saturated heterocycles. The topological polar surface area (TPSA) is 56.7 Å². The van der Waals surface area contributed by atoms with Crippen molar-refractivity contribution in [1.82, 2.24) is 19.9 Å². The lowest BCUT2D eigenvalue weighted by molar-refractivity contribution is 0.407. The average molecular weight is 276 g/mol. The van der Waals surface area contributed by atoms with Crippen LogP contribution in [0, 0.1) is 3.57 Å². The molecular formula is C6H5IN4O. The first-order chi connectivity index (χ1) is 5.84. The Morgan fingerprint density at radius 1 is 1.58 bits per heavy atom. The number of nitrogens with zero attached hydrogens (tertiary/aromatic N) is 4. The van der Waals surface area contributed by atoms with Crippen molar-refractivity contribution in [3.8, 4) is 0 Å². The number of aromatic nitrogens is 4. The van der Waals surface area contributed by atoms with Crippen LogP contribution in [0.4, 0.5) is 0 Å². The van der Waals surface area contributed by atoms with Gasteiger partial charge in [0.25, 0.3) is 0 Å². The molecule has 2 aromatic heterocycles. The Bertz CT molecular complexity index is 355. The molecule has 0 aromatic carbocycles. The van der Waals surface area contributed by atoms with Gasteiger partial charge in [0, 0.05) is 6.20 Å². The van der Waals surface area contributed by atoms with Gasteiger partial charge >= 0.3 is 0 Å². The molecule has 2 heterocycles. The molecule has 0 aliphatic rings. The summed E-state index contributed by atoms with van der Waals surface area (Å²) in [6.45, 7) is 0.555. The predicted molar refractivity (Wildman–Crippen MR) is 48.3 cm³/mol. The zero-order valence-electron chi connectivity index (χ0n) is 6.01. The zero-order valence-corrected chi connectivity index (χ0v) is 8.17. The number of rotatable bonds is 2. The third-order valence-corrected chi connectivity index (χ3v) is 1.87. The summed E-state index contributed by atoms with van der Waals surface area (Å²) in [6, 6.07) is 0. The average Bonchev–Trinajstić information content (AvgIpc) is 2.63. The molecule has 0 bridgehead atoms. The maximum absolute atomic E-state index is 4.59. The maximum Gasteiger partial charge on any atom is 0.213 e. The second-order valence-corrected chi connectivity index (χ2v) is 3.45. The Hall–Kier alpha value is -0.920. The van der Waals surface area contributed by atoms with Crippen molar-refractivity contribution in [2.24, 2.45) is 0 Å². The molecule has 0 unspecified atom stereocenters. The summed E-state index contributed by atoms with van der Waals surface area (Å²) in [4.78, 5) is 3.88. The molecule has 0 spiro atoms. The number of hydrogen-bond acceptors (Lipinski definition) is 4.